The van der Waals surface area contributed by atoms with Gasteiger partial charge in [-0.3, -0.25) is 9.59 Å². The van der Waals surface area contributed by atoms with Crippen LogP contribution in [0.5, 0.6) is 0 Å². The Morgan fingerprint density at radius 1 is 1.00 bits per heavy atom. The molecule has 3 rings (SSSR count). The molecule has 27 heavy (non-hydrogen) atoms. The van der Waals surface area contributed by atoms with Gasteiger partial charge in [0.25, 0.3) is 5.91 Å². The Hall–Kier alpha value is -2.37. The van der Waals surface area contributed by atoms with E-state index in [2.05, 4.69) is 4.90 Å². The smallest absolute Gasteiger partial charge is 0.303 e. The van der Waals surface area contributed by atoms with Crippen molar-refractivity contribution >= 4 is 23.5 Å². The molecule has 2 aromatic rings. The molecule has 0 saturated carbocycles. The minimum absolute atomic E-state index is 0.181. The third-order valence-corrected chi connectivity index (χ3v) is 4.97. The van der Waals surface area contributed by atoms with Crippen LogP contribution in [0.4, 0.5) is 0 Å². The van der Waals surface area contributed by atoms with E-state index in [0.29, 0.717) is 23.7 Å². The summed E-state index contributed by atoms with van der Waals surface area (Å²) in [5, 5.41) is 0.640. The number of halogens is 1. The molecule has 5 nitrogen and oxygen atoms in total. The first-order valence-corrected chi connectivity index (χ1v) is 9.33. The summed E-state index contributed by atoms with van der Waals surface area (Å²) in [6.45, 7) is 4.18. The number of hydrogen-bond acceptors (Lipinski definition) is 4. The molecule has 0 spiro atoms. The van der Waals surface area contributed by atoms with Crippen LogP contribution < -0.4 is 0 Å². The van der Waals surface area contributed by atoms with E-state index in [4.69, 9.17) is 16.3 Å². The Morgan fingerprint density at radius 3 is 2.26 bits per heavy atom. The third kappa shape index (κ3) is 4.67. The lowest BCUT2D eigenvalue weighted by atomic mass is 9.95. The Kier molecular flexibility index (Phi) is 6.14. The summed E-state index contributed by atoms with van der Waals surface area (Å²) in [7, 11) is 2.03. The molecule has 6 heteroatoms. The molecule has 0 N–H and O–H groups in total. The van der Waals surface area contributed by atoms with E-state index >= 15 is 0 Å². The summed E-state index contributed by atoms with van der Waals surface area (Å²) in [6.07, 6.45) is -0.960. The number of hydrogen-bond donors (Lipinski definition) is 0. The topological polar surface area (TPSA) is 49.9 Å². The summed E-state index contributed by atoms with van der Waals surface area (Å²) in [5.41, 5.74) is 2.44. The Bertz CT molecular complexity index is 814. The molecule has 0 aliphatic carbocycles. The first-order valence-electron chi connectivity index (χ1n) is 8.95. The van der Waals surface area contributed by atoms with Gasteiger partial charge in [-0.05, 0) is 30.3 Å². The van der Waals surface area contributed by atoms with Gasteiger partial charge in [0.1, 0.15) is 0 Å². The van der Waals surface area contributed by atoms with Crippen molar-refractivity contribution in [3.63, 3.8) is 0 Å². The van der Waals surface area contributed by atoms with E-state index in [1.54, 1.807) is 17.0 Å². The van der Waals surface area contributed by atoms with E-state index in [0.717, 1.165) is 24.2 Å². The number of carbonyl (C=O) groups is 2. The molecule has 2 aromatic carbocycles. The number of carbonyl (C=O) groups excluding carboxylic acids is 2. The maximum atomic E-state index is 13.2. The standard InChI is InChI=1S/C21H23ClN2O3/c1-15(25)27-20(21(26)24-13-11-23(2)12-14-24)19-6-4-3-5-18(19)16-7-9-17(22)10-8-16/h3-10,20H,11-14H2,1-2H3. The molecular weight excluding hydrogens is 364 g/mol. The zero-order chi connectivity index (χ0) is 19.4. The van der Waals surface area contributed by atoms with E-state index in [-0.39, 0.29) is 5.91 Å². The van der Waals surface area contributed by atoms with Crippen molar-refractivity contribution in [2.45, 2.75) is 13.0 Å². The average Bonchev–Trinajstić information content (AvgIpc) is 2.67. The van der Waals surface area contributed by atoms with Crippen molar-refractivity contribution < 1.29 is 14.3 Å². The van der Waals surface area contributed by atoms with E-state index < -0.39 is 12.1 Å². The number of amides is 1. The van der Waals surface area contributed by atoms with Gasteiger partial charge in [0.05, 0.1) is 0 Å². The number of piperazine rings is 1. The van der Waals surface area contributed by atoms with Crippen LogP contribution >= 0.6 is 11.6 Å². The molecule has 1 amide bonds. The Labute approximate surface area is 164 Å². The second-order valence-electron chi connectivity index (χ2n) is 6.71. The molecule has 1 saturated heterocycles. The SMILES string of the molecule is CC(=O)OC(C(=O)N1CCN(C)CC1)c1ccccc1-c1ccc(Cl)cc1. The minimum Gasteiger partial charge on any atom is -0.447 e. The molecule has 1 unspecified atom stereocenters. The highest BCUT2D eigenvalue weighted by Gasteiger charge is 2.32. The first kappa shape index (κ1) is 19.4. The van der Waals surface area contributed by atoms with Crippen molar-refractivity contribution in [2.24, 2.45) is 0 Å². The van der Waals surface area contributed by atoms with Crippen LogP contribution in [0.3, 0.4) is 0 Å². The van der Waals surface area contributed by atoms with Crippen LogP contribution in [0.2, 0.25) is 5.02 Å². The van der Waals surface area contributed by atoms with Crippen LogP contribution in [0.15, 0.2) is 48.5 Å². The summed E-state index contributed by atoms with van der Waals surface area (Å²) in [6, 6.07) is 14.9. The maximum absolute atomic E-state index is 13.2. The fraction of sp³-hybridized carbons (Fsp3) is 0.333. The molecule has 1 fully saturated rings. The highest BCUT2D eigenvalue weighted by atomic mass is 35.5. The van der Waals surface area contributed by atoms with Crippen molar-refractivity contribution in [3.8, 4) is 11.1 Å². The first-order chi connectivity index (χ1) is 13.0. The van der Waals surface area contributed by atoms with Gasteiger partial charge in [0.2, 0.25) is 6.10 Å². The normalized spacial score (nSPS) is 16.0. The van der Waals surface area contributed by atoms with E-state index in [9.17, 15) is 9.59 Å². The van der Waals surface area contributed by atoms with Gasteiger partial charge >= 0.3 is 5.97 Å². The molecule has 1 aliphatic rings. The van der Waals surface area contributed by atoms with Crippen molar-refractivity contribution in [1.29, 1.82) is 0 Å². The third-order valence-electron chi connectivity index (χ3n) is 4.72. The molecule has 1 heterocycles. The zero-order valence-corrected chi connectivity index (χ0v) is 16.3. The largest absolute Gasteiger partial charge is 0.447 e. The minimum atomic E-state index is -0.960. The Morgan fingerprint density at radius 2 is 1.63 bits per heavy atom. The van der Waals surface area contributed by atoms with Gasteiger partial charge < -0.3 is 14.5 Å². The quantitative estimate of drug-likeness (QED) is 0.756. The van der Waals surface area contributed by atoms with Gasteiger partial charge in [0, 0.05) is 43.7 Å². The summed E-state index contributed by atoms with van der Waals surface area (Å²) < 4.78 is 5.49. The van der Waals surface area contributed by atoms with Crippen LogP contribution in [0.1, 0.15) is 18.6 Å². The molecule has 0 radical (unpaired) electrons. The lowest BCUT2D eigenvalue weighted by Gasteiger charge is -2.34. The summed E-state index contributed by atoms with van der Waals surface area (Å²) >= 11 is 6.00. The number of nitrogens with zero attached hydrogens (tertiary/aromatic N) is 2. The molecule has 142 valence electrons. The van der Waals surface area contributed by atoms with Gasteiger partial charge in [-0.25, -0.2) is 0 Å². The predicted molar refractivity (Wildman–Crippen MR) is 105 cm³/mol. The second kappa shape index (κ2) is 8.55. The lowest BCUT2D eigenvalue weighted by molar-refractivity contribution is -0.160. The summed E-state index contributed by atoms with van der Waals surface area (Å²) in [5.74, 6) is -0.659. The van der Waals surface area contributed by atoms with E-state index in [1.165, 1.54) is 6.92 Å². The number of rotatable bonds is 4. The fourth-order valence-corrected chi connectivity index (χ4v) is 3.35. The predicted octanol–water partition coefficient (Wildman–Crippen LogP) is 3.39. The zero-order valence-electron chi connectivity index (χ0n) is 15.5. The molecule has 0 aromatic heterocycles. The fourth-order valence-electron chi connectivity index (χ4n) is 3.22. The van der Waals surface area contributed by atoms with Gasteiger partial charge in [0.15, 0.2) is 0 Å². The van der Waals surface area contributed by atoms with E-state index in [1.807, 2.05) is 43.4 Å². The summed E-state index contributed by atoms with van der Waals surface area (Å²) in [4.78, 5) is 28.9. The molecular formula is C21H23ClN2O3. The van der Waals surface area contributed by atoms with Crippen LogP contribution in [-0.2, 0) is 14.3 Å². The number of esters is 1. The maximum Gasteiger partial charge on any atom is 0.303 e. The Balaban J connectivity index is 1.97. The number of benzene rings is 2. The average molecular weight is 387 g/mol. The molecule has 1 atom stereocenters. The van der Waals surface area contributed by atoms with Crippen molar-refractivity contribution in [3.05, 3.63) is 59.1 Å². The lowest BCUT2D eigenvalue weighted by Crippen LogP contribution is -2.49. The van der Waals surface area contributed by atoms with Gasteiger partial charge in [-0.2, -0.15) is 0 Å². The van der Waals surface area contributed by atoms with Crippen molar-refractivity contribution in [2.75, 3.05) is 33.2 Å². The van der Waals surface area contributed by atoms with Crippen molar-refractivity contribution in [1.82, 2.24) is 9.80 Å². The monoisotopic (exact) mass is 386 g/mol. The van der Waals surface area contributed by atoms with Gasteiger partial charge in [-0.1, -0.05) is 48.0 Å². The molecule has 1 aliphatic heterocycles. The van der Waals surface area contributed by atoms with Gasteiger partial charge in [-0.15, -0.1) is 0 Å². The van der Waals surface area contributed by atoms with Crippen LogP contribution in [0.25, 0.3) is 11.1 Å². The highest BCUT2D eigenvalue weighted by molar-refractivity contribution is 6.30. The highest BCUT2D eigenvalue weighted by Crippen LogP contribution is 2.32. The second-order valence-corrected chi connectivity index (χ2v) is 7.15. The number of likely N-dealkylation sites (N-methyl/N-ethyl adjacent to an activating group) is 1. The van der Waals surface area contributed by atoms with Crippen LogP contribution in [-0.4, -0.2) is 54.9 Å². The number of ether oxygens (including phenoxy) is 1. The molecule has 0 bridgehead atoms. The van der Waals surface area contributed by atoms with Crippen LogP contribution in [0, 0.1) is 0 Å².